The molecule has 2 aromatic carbocycles. The third kappa shape index (κ3) is 2.20. The van der Waals surface area contributed by atoms with Crippen LogP contribution in [-0.4, -0.2) is 14.8 Å². The van der Waals surface area contributed by atoms with Gasteiger partial charge < -0.3 is 9.88 Å². The van der Waals surface area contributed by atoms with Gasteiger partial charge in [0.1, 0.15) is 5.82 Å². The first-order valence-electron chi connectivity index (χ1n) is 8.51. The molecule has 27 heavy (non-hydrogen) atoms. The minimum atomic E-state index is -0.494. The standard InChI is InChI=1S/C20H15ClN4O2/c1-25-13-5-3-2-4-12(13)17-15(20(25)27)14(10-6-8-11(21)9-7-10)16-18(22-17)23-24-19(16)26/h2-9,14H,1H3,(H3,22,23,24,26)/t14-/m1/s1. The van der Waals surface area contributed by atoms with E-state index in [1.807, 2.05) is 36.4 Å². The van der Waals surface area contributed by atoms with Crippen molar-refractivity contribution < 1.29 is 0 Å². The lowest BCUT2D eigenvalue weighted by Crippen LogP contribution is -2.30. The van der Waals surface area contributed by atoms with Crippen molar-refractivity contribution in [2.75, 3.05) is 5.32 Å². The van der Waals surface area contributed by atoms with Gasteiger partial charge in [0.25, 0.3) is 11.1 Å². The zero-order chi connectivity index (χ0) is 18.7. The smallest absolute Gasteiger partial charge is 0.270 e. The molecule has 0 amide bonds. The first-order chi connectivity index (χ1) is 13.1. The van der Waals surface area contributed by atoms with E-state index < -0.39 is 5.92 Å². The number of aromatic nitrogens is 3. The number of rotatable bonds is 1. The second kappa shape index (κ2) is 5.62. The molecule has 1 atom stereocenters. The number of aromatic amines is 2. The molecule has 0 spiro atoms. The van der Waals surface area contributed by atoms with Gasteiger partial charge in [-0.05, 0) is 23.8 Å². The SMILES string of the molecule is Cn1c(=O)c2c(c3ccccc31)Nc1[nH][nH]c(=O)c1[C@@H]2c1ccc(Cl)cc1. The van der Waals surface area contributed by atoms with Crippen molar-refractivity contribution in [3.05, 3.63) is 91.0 Å². The summed E-state index contributed by atoms with van der Waals surface area (Å²) in [6, 6.07) is 15.0. The quantitative estimate of drug-likeness (QED) is 0.418. The Balaban J connectivity index is 1.93. The van der Waals surface area contributed by atoms with Gasteiger partial charge in [0.2, 0.25) is 0 Å². The third-order valence-corrected chi connectivity index (χ3v) is 5.44. The van der Waals surface area contributed by atoms with E-state index >= 15 is 0 Å². The van der Waals surface area contributed by atoms with E-state index in [1.54, 1.807) is 23.7 Å². The van der Waals surface area contributed by atoms with Crippen molar-refractivity contribution in [1.29, 1.82) is 0 Å². The van der Waals surface area contributed by atoms with Gasteiger partial charge in [-0.15, -0.1) is 0 Å². The Hall–Kier alpha value is -3.25. The van der Waals surface area contributed by atoms with Gasteiger partial charge in [0, 0.05) is 17.5 Å². The van der Waals surface area contributed by atoms with Gasteiger partial charge in [-0.3, -0.25) is 19.8 Å². The molecule has 7 heteroatoms. The minimum absolute atomic E-state index is 0.137. The monoisotopic (exact) mass is 378 g/mol. The molecule has 6 nitrogen and oxygen atoms in total. The second-order valence-electron chi connectivity index (χ2n) is 6.65. The molecule has 2 aromatic heterocycles. The highest BCUT2D eigenvalue weighted by Crippen LogP contribution is 2.43. The molecule has 0 saturated carbocycles. The van der Waals surface area contributed by atoms with Gasteiger partial charge in [-0.2, -0.15) is 0 Å². The maximum Gasteiger partial charge on any atom is 0.270 e. The molecular formula is C20H15ClN4O2. The second-order valence-corrected chi connectivity index (χ2v) is 7.08. The topological polar surface area (TPSA) is 82.7 Å². The molecule has 0 aliphatic carbocycles. The Morgan fingerprint density at radius 3 is 2.48 bits per heavy atom. The summed E-state index contributed by atoms with van der Waals surface area (Å²) in [6.07, 6.45) is 0. The van der Waals surface area contributed by atoms with E-state index in [2.05, 4.69) is 15.5 Å². The summed E-state index contributed by atoms with van der Waals surface area (Å²) in [6.45, 7) is 0. The molecule has 3 heterocycles. The molecule has 0 bridgehead atoms. The molecule has 0 radical (unpaired) electrons. The fourth-order valence-electron chi connectivity index (χ4n) is 3.92. The Morgan fingerprint density at radius 1 is 0.963 bits per heavy atom. The Morgan fingerprint density at radius 2 is 1.70 bits per heavy atom. The summed E-state index contributed by atoms with van der Waals surface area (Å²) in [4.78, 5) is 25.8. The number of pyridine rings is 1. The van der Waals surface area contributed by atoms with E-state index in [0.717, 1.165) is 22.2 Å². The van der Waals surface area contributed by atoms with Gasteiger partial charge in [0.05, 0.1) is 28.2 Å². The van der Waals surface area contributed by atoms with Crippen LogP contribution in [-0.2, 0) is 7.05 Å². The van der Waals surface area contributed by atoms with Crippen molar-refractivity contribution in [2.45, 2.75) is 5.92 Å². The summed E-state index contributed by atoms with van der Waals surface area (Å²) in [5.74, 6) is 0.0812. The number of H-pyrrole nitrogens is 2. The summed E-state index contributed by atoms with van der Waals surface area (Å²) < 4.78 is 1.63. The maximum absolute atomic E-state index is 13.3. The molecular weight excluding hydrogens is 364 g/mol. The van der Waals surface area contributed by atoms with Crippen LogP contribution in [0.4, 0.5) is 11.5 Å². The number of aryl methyl sites for hydroxylation is 1. The Labute approximate surface area is 158 Å². The zero-order valence-electron chi connectivity index (χ0n) is 14.3. The van der Waals surface area contributed by atoms with Crippen LogP contribution in [0.15, 0.2) is 58.1 Å². The first-order valence-corrected chi connectivity index (χ1v) is 8.88. The molecule has 134 valence electrons. The summed E-state index contributed by atoms with van der Waals surface area (Å²) in [5.41, 5.74) is 3.04. The van der Waals surface area contributed by atoms with Crippen molar-refractivity contribution in [2.24, 2.45) is 7.05 Å². The normalized spacial score (nSPS) is 15.3. The van der Waals surface area contributed by atoms with Gasteiger partial charge in [-0.1, -0.05) is 41.9 Å². The van der Waals surface area contributed by atoms with Crippen molar-refractivity contribution in [3.63, 3.8) is 0 Å². The average molecular weight is 379 g/mol. The summed E-state index contributed by atoms with van der Waals surface area (Å²) in [5, 5.41) is 10.3. The van der Waals surface area contributed by atoms with Gasteiger partial charge in [-0.25, -0.2) is 0 Å². The number of nitrogens with one attached hydrogen (secondary N) is 3. The van der Waals surface area contributed by atoms with Crippen molar-refractivity contribution in [3.8, 4) is 0 Å². The van der Waals surface area contributed by atoms with Gasteiger partial charge >= 0.3 is 0 Å². The van der Waals surface area contributed by atoms with Crippen LogP contribution in [0, 0.1) is 0 Å². The van der Waals surface area contributed by atoms with E-state index in [4.69, 9.17) is 11.6 Å². The highest BCUT2D eigenvalue weighted by atomic mass is 35.5. The number of halogens is 1. The lowest BCUT2D eigenvalue weighted by Gasteiger charge is -2.27. The number of fused-ring (bicyclic) bond motifs is 4. The van der Waals surface area contributed by atoms with Crippen LogP contribution in [0.3, 0.4) is 0 Å². The fourth-order valence-corrected chi connectivity index (χ4v) is 4.05. The lowest BCUT2D eigenvalue weighted by molar-refractivity contribution is 0.844. The summed E-state index contributed by atoms with van der Waals surface area (Å²) in [7, 11) is 1.75. The highest BCUT2D eigenvalue weighted by Gasteiger charge is 2.35. The molecule has 4 aromatic rings. The molecule has 1 aliphatic heterocycles. The number of anilines is 2. The van der Waals surface area contributed by atoms with E-state index in [-0.39, 0.29) is 11.1 Å². The zero-order valence-corrected chi connectivity index (χ0v) is 15.1. The van der Waals surface area contributed by atoms with Crippen LogP contribution >= 0.6 is 11.6 Å². The number of hydrogen-bond acceptors (Lipinski definition) is 3. The van der Waals surface area contributed by atoms with Gasteiger partial charge in [0.15, 0.2) is 0 Å². The predicted molar refractivity (Wildman–Crippen MR) is 106 cm³/mol. The van der Waals surface area contributed by atoms with Crippen LogP contribution in [0.2, 0.25) is 5.02 Å². The summed E-state index contributed by atoms with van der Waals surface area (Å²) >= 11 is 6.04. The van der Waals surface area contributed by atoms with Crippen LogP contribution in [0.25, 0.3) is 10.9 Å². The predicted octanol–water partition coefficient (Wildman–Crippen LogP) is 3.45. The molecule has 0 unspecified atom stereocenters. The fraction of sp³-hybridized carbons (Fsp3) is 0.100. The largest absolute Gasteiger partial charge is 0.339 e. The Bertz CT molecular complexity index is 1310. The number of hydrogen-bond donors (Lipinski definition) is 3. The number of para-hydroxylation sites is 1. The minimum Gasteiger partial charge on any atom is -0.339 e. The van der Waals surface area contributed by atoms with E-state index in [1.165, 1.54) is 0 Å². The molecule has 0 fully saturated rings. The Kier molecular flexibility index (Phi) is 3.32. The van der Waals surface area contributed by atoms with E-state index in [9.17, 15) is 9.59 Å². The van der Waals surface area contributed by atoms with Crippen molar-refractivity contribution >= 4 is 34.0 Å². The third-order valence-electron chi connectivity index (χ3n) is 5.18. The van der Waals surface area contributed by atoms with Crippen LogP contribution in [0.5, 0.6) is 0 Å². The maximum atomic E-state index is 13.3. The molecule has 3 N–H and O–H groups in total. The van der Waals surface area contributed by atoms with Crippen molar-refractivity contribution in [1.82, 2.24) is 14.8 Å². The number of nitrogens with zero attached hydrogens (tertiary/aromatic N) is 1. The lowest BCUT2D eigenvalue weighted by atomic mass is 9.83. The molecule has 0 saturated heterocycles. The average Bonchev–Trinajstić information content (AvgIpc) is 3.06. The van der Waals surface area contributed by atoms with E-state index in [0.29, 0.717) is 22.0 Å². The first kappa shape index (κ1) is 16.0. The number of benzene rings is 2. The van der Waals surface area contributed by atoms with Crippen LogP contribution < -0.4 is 16.4 Å². The molecule has 1 aliphatic rings. The highest BCUT2D eigenvalue weighted by molar-refractivity contribution is 6.30. The van der Waals surface area contributed by atoms with Crippen LogP contribution in [0.1, 0.15) is 22.6 Å². The molecule has 5 rings (SSSR count).